The van der Waals surface area contributed by atoms with Gasteiger partial charge in [0, 0.05) is 25.2 Å². The molecule has 1 saturated carbocycles. The fourth-order valence-electron chi connectivity index (χ4n) is 4.28. The van der Waals surface area contributed by atoms with Gasteiger partial charge in [-0.1, -0.05) is 19.8 Å². The largest absolute Gasteiger partial charge is 0.372 e. The van der Waals surface area contributed by atoms with Gasteiger partial charge >= 0.3 is 0 Å². The van der Waals surface area contributed by atoms with Crippen LogP contribution in [0.4, 0.5) is 0 Å². The molecule has 0 aromatic carbocycles. The summed E-state index contributed by atoms with van der Waals surface area (Å²) in [6.45, 7) is 5.48. The molecule has 3 rings (SSSR count). The van der Waals surface area contributed by atoms with Crippen LogP contribution in [0, 0.1) is 5.92 Å². The number of hydrogen-bond donors (Lipinski definition) is 1. The lowest BCUT2D eigenvalue weighted by Gasteiger charge is -2.52. The van der Waals surface area contributed by atoms with Crippen molar-refractivity contribution in [1.29, 1.82) is 0 Å². The molecule has 2 N–H and O–H groups in total. The van der Waals surface area contributed by atoms with Crippen molar-refractivity contribution in [3.8, 4) is 0 Å². The predicted octanol–water partition coefficient (Wildman–Crippen LogP) is 1.76. The summed E-state index contributed by atoms with van der Waals surface area (Å²) in [6, 6.07) is 0. The third-order valence-electron chi connectivity index (χ3n) is 5.44. The van der Waals surface area contributed by atoms with Gasteiger partial charge in [0.15, 0.2) is 0 Å². The van der Waals surface area contributed by atoms with Crippen LogP contribution in [0.15, 0.2) is 0 Å². The van der Waals surface area contributed by atoms with Gasteiger partial charge in [0.05, 0.1) is 12.2 Å². The molecule has 1 aliphatic carbocycles. The van der Waals surface area contributed by atoms with Crippen molar-refractivity contribution < 1.29 is 4.74 Å². The normalized spacial score (nSPS) is 47.3. The van der Waals surface area contributed by atoms with Crippen LogP contribution in [0.25, 0.3) is 0 Å². The first-order valence-electron chi connectivity index (χ1n) is 7.35. The van der Waals surface area contributed by atoms with Crippen LogP contribution in [0.1, 0.15) is 45.4 Å². The highest BCUT2D eigenvalue weighted by Gasteiger charge is 2.46. The highest BCUT2D eigenvalue weighted by molar-refractivity contribution is 5.02. The fourth-order valence-corrected chi connectivity index (χ4v) is 4.28. The molecule has 2 bridgehead atoms. The topological polar surface area (TPSA) is 38.5 Å². The summed E-state index contributed by atoms with van der Waals surface area (Å²) in [5.74, 6) is 0.749. The van der Waals surface area contributed by atoms with Crippen molar-refractivity contribution >= 4 is 0 Å². The number of rotatable bonds is 2. The molecule has 0 aromatic heterocycles. The molecule has 3 nitrogen and oxygen atoms in total. The van der Waals surface area contributed by atoms with Crippen LogP contribution >= 0.6 is 0 Å². The Hall–Kier alpha value is -0.120. The predicted molar refractivity (Wildman–Crippen MR) is 68.9 cm³/mol. The molecule has 2 heterocycles. The maximum atomic E-state index is 6.19. The lowest BCUT2D eigenvalue weighted by atomic mass is 9.72. The van der Waals surface area contributed by atoms with Gasteiger partial charge in [-0.3, -0.25) is 4.90 Å². The number of fused-ring (bicyclic) bond motifs is 2. The van der Waals surface area contributed by atoms with Crippen LogP contribution in [0.5, 0.6) is 0 Å². The Bertz CT molecular complexity index is 271. The zero-order chi connectivity index (χ0) is 11.9. The number of likely N-dealkylation sites (tertiary alicyclic amines) is 1. The number of nitrogens with two attached hydrogens (primary N) is 1. The van der Waals surface area contributed by atoms with Crippen molar-refractivity contribution in [1.82, 2.24) is 4.90 Å². The minimum Gasteiger partial charge on any atom is -0.372 e. The van der Waals surface area contributed by atoms with E-state index in [0.29, 0.717) is 12.2 Å². The second kappa shape index (κ2) is 4.52. The SMILES string of the molecule is CC1CCCCC1(CN)N1CC2CCC(C1)O2. The first-order valence-corrected chi connectivity index (χ1v) is 7.35. The zero-order valence-electron chi connectivity index (χ0n) is 11.0. The Balaban J connectivity index is 1.79. The van der Waals surface area contributed by atoms with Gasteiger partial charge in [-0.25, -0.2) is 0 Å². The molecule has 0 radical (unpaired) electrons. The lowest BCUT2D eigenvalue weighted by molar-refractivity contribution is -0.0990. The summed E-state index contributed by atoms with van der Waals surface area (Å²) in [6.07, 6.45) is 8.90. The number of hydrogen-bond acceptors (Lipinski definition) is 3. The smallest absolute Gasteiger partial charge is 0.0707 e. The maximum Gasteiger partial charge on any atom is 0.0707 e. The third-order valence-corrected chi connectivity index (χ3v) is 5.44. The van der Waals surface area contributed by atoms with E-state index >= 15 is 0 Å². The molecule has 17 heavy (non-hydrogen) atoms. The van der Waals surface area contributed by atoms with E-state index in [-0.39, 0.29) is 5.54 Å². The summed E-state index contributed by atoms with van der Waals surface area (Å²) in [5.41, 5.74) is 6.47. The monoisotopic (exact) mass is 238 g/mol. The zero-order valence-corrected chi connectivity index (χ0v) is 11.0. The Morgan fingerprint density at radius 1 is 1.18 bits per heavy atom. The molecule has 3 aliphatic rings. The molecule has 4 atom stereocenters. The quantitative estimate of drug-likeness (QED) is 0.796. The van der Waals surface area contributed by atoms with E-state index in [2.05, 4.69) is 11.8 Å². The Morgan fingerprint density at radius 3 is 2.47 bits per heavy atom. The summed E-state index contributed by atoms with van der Waals surface area (Å²) >= 11 is 0. The van der Waals surface area contributed by atoms with Crippen LogP contribution in [-0.4, -0.2) is 42.3 Å². The van der Waals surface area contributed by atoms with Crippen LogP contribution < -0.4 is 5.73 Å². The third kappa shape index (κ3) is 1.92. The Labute approximate surface area is 105 Å². The Kier molecular flexibility index (Phi) is 3.18. The van der Waals surface area contributed by atoms with E-state index in [1.807, 2.05) is 0 Å². The standard InChI is InChI=1S/C14H26N2O/c1-11-4-2-3-7-14(11,10-15)16-8-12-5-6-13(9-16)17-12/h11-13H,2-10,15H2,1H3. The summed E-state index contributed by atoms with van der Waals surface area (Å²) in [5, 5.41) is 0. The number of ether oxygens (including phenoxy) is 1. The molecular weight excluding hydrogens is 212 g/mol. The molecule has 4 unspecified atom stereocenters. The average molecular weight is 238 g/mol. The van der Waals surface area contributed by atoms with E-state index in [0.717, 1.165) is 25.6 Å². The van der Waals surface area contributed by atoms with Gasteiger partial charge in [-0.15, -0.1) is 0 Å². The van der Waals surface area contributed by atoms with Gasteiger partial charge in [-0.05, 0) is 31.6 Å². The van der Waals surface area contributed by atoms with E-state index < -0.39 is 0 Å². The molecule has 3 heteroatoms. The van der Waals surface area contributed by atoms with Gasteiger partial charge in [0.25, 0.3) is 0 Å². The summed E-state index contributed by atoms with van der Waals surface area (Å²) < 4.78 is 5.96. The molecule has 0 spiro atoms. The maximum absolute atomic E-state index is 6.19. The number of nitrogens with zero attached hydrogens (tertiary/aromatic N) is 1. The van der Waals surface area contributed by atoms with Crippen LogP contribution in [0.3, 0.4) is 0 Å². The van der Waals surface area contributed by atoms with Crippen LogP contribution in [-0.2, 0) is 4.74 Å². The molecule has 2 aliphatic heterocycles. The summed E-state index contributed by atoms with van der Waals surface area (Å²) in [7, 11) is 0. The number of morpholine rings is 1. The first kappa shape index (κ1) is 11.9. The van der Waals surface area contributed by atoms with E-state index in [1.54, 1.807) is 0 Å². The van der Waals surface area contributed by atoms with Gasteiger partial charge in [-0.2, -0.15) is 0 Å². The lowest BCUT2D eigenvalue weighted by Crippen LogP contribution is -2.63. The van der Waals surface area contributed by atoms with Crippen molar-refractivity contribution in [2.45, 2.75) is 63.2 Å². The highest BCUT2D eigenvalue weighted by Crippen LogP contribution is 2.41. The fraction of sp³-hybridized carbons (Fsp3) is 1.00. The first-order chi connectivity index (χ1) is 8.24. The van der Waals surface area contributed by atoms with Gasteiger partial charge in [0.1, 0.15) is 0 Å². The summed E-state index contributed by atoms with van der Waals surface area (Å²) in [4.78, 5) is 2.70. The Morgan fingerprint density at radius 2 is 1.88 bits per heavy atom. The average Bonchev–Trinajstić information content (AvgIpc) is 2.69. The minimum absolute atomic E-state index is 0.281. The molecular formula is C14H26N2O. The van der Waals surface area contributed by atoms with Crippen LogP contribution in [0.2, 0.25) is 0 Å². The van der Waals surface area contributed by atoms with E-state index in [1.165, 1.54) is 38.5 Å². The molecule has 0 amide bonds. The molecule has 98 valence electrons. The van der Waals surface area contributed by atoms with Crippen molar-refractivity contribution in [2.75, 3.05) is 19.6 Å². The molecule has 2 saturated heterocycles. The van der Waals surface area contributed by atoms with E-state index in [9.17, 15) is 0 Å². The highest BCUT2D eigenvalue weighted by atomic mass is 16.5. The van der Waals surface area contributed by atoms with Crippen molar-refractivity contribution in [2.24, 2.45) is 11.7 Å². The van der Waals surface area contributed by atoms with Crippen molar-refractivity contribution in [3.63, 3.8) is 0 Å². The van der Waals surface area contributed by atoms with E-state index in [4.69, 9.17) is 10.5 Å². The minimum atomic E-state index is 0.281. The second-order valence-electron chi connectivity index (χ2n) is 6.32. The van der Waals surface area contributed by atoms with Gasteiger partial charge < -0.3 is 10.5 Å². The van der Waals surface area contributed by atoms with Crippen molar-refractivity contribution in [3.05, 3.63) is 0 Å². The second-order valence-corrected chi connectivity index (χ2v) is 6.32. The molecule has 0 aromatic rings. The molecule has 3 fully saturated rings. The van der Waals surface area contributed by atoms with Gasteiger partial charge in [0.2, 0.25) is 0 Å².